The van der Waals surface area contributed by atoms with Gasteiger partial charge in [0.25, 0.3) is 5.69 Å². The SMILES string of the molecule is CC(C)=C(C)c1c([N+](=O)[O-])ccc(C(O)=C2C(=O)CC(=O)CC2=O)c1C. The Hall–Kier alpha value is -3.09. The van der Waals surface area contributed by atoms with Crippen molar-refractivity contribution in [2.24, 2.45) is 0 Å². The van der Waals surface area contributed by atoms with Crippen LogP contribution in [-0.2, 0) is 14.4 Å². The van der Waals surface area contributed by atoms with Crippen LogP contribution in [0.5, 0.6) is 0 Å². The summed E-state index contributed by atoms with van der Waals surface area (Å²) in [5.74, 6) is -2.50. The molecule has 136 valence electrons. The fourth-order valence-corrected chi connectivity index (χ4v) is 2.98. The monoisotopic (exact) mass is 357 g/mol. The number of Topliss-reactive ketones (excluding diaryl/α,β-unsaturated/α-hetero) is 3. The van der Waals surface area contributed by atoms with E-state index in [9.17, 15) is 29.6 Å². The van der Waals surface area contributed by atoms with Crippen LogP contribution in [0.2, 0.25) is 0 Å². The summed E-state index contributed by atoms with van der Waals surface area (Å²) in [6.45, 7) is 6.94. The molecule has 1 N–H and O–H groups in total. The molecule has 0 atom stereocenters. The number of allylic oxidation sites excluding steroid dienone is 3. The number of aliphatic hydroxyl groups excluding tert-OH is 1. The zero-order chi connectivity index (χ0) is 19.8. The first-order chi connectivity index (χ1) is 12.1. The number of aliphatic hydroxyl groups is 1. The van der Waals surface area contributed by atoms with Crippen molar-refractivity contribution in [3.05, 3.63) is 50.1 Å². The van der Waals surface area contributed by atoms with Crippen LogP contribution in [0.25, 0.3) is 11.3 Å². The normalized spacial score (nSPS) is 14.5. The van der Waals surface area contributed by atoms with E-state index in [1.165, 1.54) is 12.1 Å². The Balaban J connectivity index is 2.78. The van der Waals surface area contributed by atoms with E-state index in [0.29, 0.717) is 16.7 Å². The molecule has 7 heteroatoms. The molecular formula is C19H19NO6. The molecule has 0 bridgehead atoms. The number of hydrogen-bond donors (Lipinski definition) is 1. The Morgan fingerprint density at radius 2 is 1.62 bits per heavy atom. The first-order valence-electron chi connectivity index (χ1n) is 8.00. The molecule has 7 nitrogen and oxygen atoms in total. The standard InChI is InChI=1S/C19H19NO6/c1-9(2)10(3)17-11(4)13(5-6-14(17)20(25)26)19(24)18-15(22)7-12(21)8-16(18)23/h5-6,24H,7-8H2,1-4H3. The smallest absolute Gasteiger partial charge is 0.277 e. The van der Waals surface area contributed by atoms with Crippen LogP contribution in [-0.4, -0.2) is 27.4 Å². The van der Waals surface area contributed by atoms with Crippen LogP contribution in [0.15, 0.2) is 23.3 Å². The van der Waals surface area contributed by atoms with Crippen LogP contribution in [0, 0.1) is 17.0 Å². The topological polar surface area (TPSA) is 115 Å². The van der Waals surface area contributed by atoms with Gasteiger partial charge in [-0.2, -0.15) is 0 Å². The highest BCUT2D eigenvalue weighted by molar-refractivity contribution is 6.35. The third kappa shape index (κ3) is 3.33. The van der Waals surface area contributed by atoms with Gasteiger partial charge in [-0.3, -0.25) is 24.5 Å². The molecule has 26 heavy (non-hydrogen) atoms. The molecule has 1 aliphatic carbocycles. The summed E-state index contributed by atoms with van der Waals surface area (Å²) < 4.78 is 0. The van der Waals surface area contributed by atoms with Crippen molar-refractivity contribution < 1.29 is 24.4 Å². The molecule has 0 heterocycles. The van der Waals surface area contributed by atoms with Crippen molar-refractivity contribution in [1.82, 2.24) is 0 Å². The quantitative estimate of drug-likeness (QED) is 0.221. The number of benzene rings is 1. The van der Waals surface area contributed by atoms with Crippen LogP contribution in [0.1, 0.15) is 50.3 Å². The number of ketones is 3. The largest absolute Gasteiger partial charge is 0.506 e. The van der Waals surface area contributed by atoms with Crippen molar-refractivity contribution in [3.8, 4) is 0 Å². The zero-order valence-electron chi connectivity index (χ0n) is 15.0. The summed E-state index contributed by atoms with van der Waals surface area (Å²) >= 11 is 0. The molecule has 2 rings (SSSR count). The van der Waals surface area contributed by atoms with Gasteiger partial charge in [0.1, 0.15) is 17.1 Å². The lowest BCUT2D eigenvalue weighted by Crippen LogP contribution is -2.27. The maximum absolute atomic E-state index is 12.1. The van der Waals surface area contributed by atoms with Crippen LogP contribution in [0.3, 0.4) is 0 Å². The van der Waals surface area contributed by atoms with Crippen molar-refractivity contribution in [2.75, 3.05) is 0 Å². The van der Waals surface area contributed by atoms with E-state index in [1.807, 2.05) is 13.8 Å². The maximum Gasteiger partial charge on any atom is 0.277 e. The predicted octanol–water partition coefficient (Wildman–Crippen LogP) is 3.49. The van der Waals surface area contributed by atoms with Gasteiger partial charge in [-0.15, -0.1) is 0 Å². The Kier molecular flexibility index (Phi) is 5.20. The van der Waals surface area contributed by atoms with Crippen molar-refractivity contribution in [3.63, 3.8) is 0 Å². The van der Waals surface area contributed by atoms with E-state index in [1.54, 1.807) is 13.8 Å². The average Bonchev–Trinajstić information content (AvgIpc) is 2.52. The molecule has 1 aliphatic rings. The second kappa shape index (κ2) is 7.03. The molecule has 0 aliphatic heterocycles. The molecule has 1 saturated carbocycles. The highest BCUT2D eigenvalue weighted by Gasteiger charge is 2.33. The van der Waals surface area contributed by atoms with Gasteiger partial charge in [-0.1, -0.05) is 5.57 Å². The predicted molar refractivity (Wildman–Crippen MR) is 95.6 cm³/mol. The van der Waals surface area contributed by atoms with Gasteiger partial charge in [0.05, 0.1) is 23.3 Å². The average molecular weight is 357 g/mol. The van der Waals surface area contributed by atoms with Gasteiger partial charge in [-0.05, 0) is 44.9 Å². The minimum atomic E-state index is -0.734. The van der Waals surface area contributed by atoms with E-state index in [0.717, 1.165) is 5.57 Å². The summed E-state index contributed by atoms with van der Waals surface area (Å²) in [5, 5.41) is 22.0. The molecule has 0 aromatic heterocycles. The number of carbonyl (C=O) groups is 3. The molecule has 0 spiro atoms. The number of rotatable bonds is 3. The number of carbonyl (C=O) groups excluding carboxylic acids is 3. The van der Waals surface area contributed by atoms with Crippen LogP contribution in [0.4, 0.5) is 5.69 Å². The lowest BCUT2D eigenvalue weighted by Gasteiger charge is -2.17. The number of nitrogens with zero attached hydrogens (tertiary/aromatic N) is 1. The second-order valence-corrected chi connectivity index (χ2v) is 6.48. The Bertz CT molecular complexity index is 894. The maximum atomic E-state index is 12.1. The first kappa shape index (κ1) is 19.2. The molecule has 0 amide bonds. The number of hydrogen-bond acceptors (Lipinski definition) is 6. The summed E-state index contributed by atoms with van der Waals surface area (Å²) in [4.78, 5) is 46.4. The minimum absolute atomic E-state index is 0.126. The summed E-state index contributed by atoms with van der Waals surface area (Å²) in [5.41, 5.74) is 1.88. The molecular weight excluding hydrogens is 338 g/mol. The fourth-order valence-electron chi connectivity index (χ4n) is 2.98. The molecule has 0 unspecified atom stereocenters. The highest BCUT2D eigenvalue weighted by atomic mass is 16.6. The van der Waals surface area contributed by atoms with E-state index < -0.39 is 46.4 Å². The second-order valence-electron chi connectivity index (χ2n) is 6.48. The Morgan fingerprint density at radius 3 is 2.08 bits per heavy atom. The van der Waals surface area contributed by atoms with E-state index in [-0.39, 0.29) is 11.3 Å². The van der Waals surface area contributed by atoms with Crippen molar-refractivity contribution in [1.29, 1.82) is 0 Å². The lowest BCUT2D eigenvalue weighted by molar-refractivity contribution is -0.385. The van der Waals surface area contributed by atoms with Crippen molar-refractivity contribution >= 4 is 34.4 Å². The molecule has 0 saturated heterocycles. The van der Waals surface area contributed by atoms with E-state index in [4.69, 9.17) is 0 Å². The van der Waals surface area contributed by atoms with E-state index in [2.05, 4.69) is 0 Å². The minimum Gasteiger partial charge on any atom is -0.506 e. The summed E-state index contributed by atoms with van der Waals surface area (Å²) in [6, 6.07) is 2.55. The number of nitro groups is 1. The van der Waals surface area contributed by atoms with Gasteiger partial charge >= 0.3 is 0 Å². The van der Waals surface area contributed by atoms with Crippen LogP contribution < -0.4 is 0 Å². The number of nitro benzene ring substituents is 1. The summed E-state index contributed by atoms with van der Waals surface area (Å²) in [6.07, 6.45) is -0.867. The molecule has 0 radical (unpaired) electrons. The molecule has 1 aromatic carbocycles. The first-order valence-corrected chi connectivity index (χ1v) is 8.00. The third-order valence-electron chi connectivity index (χ3n) is 4.53. The van der Waals surface area contributed by atoms with Crippen LogP contribution >= 0.6 is 0 Å². The third-order valence-corrected chi connectivity index (χ3v) is 4.53. The van der Waals surface area contributed by atoms with Crippen molar-refractivity contribution in [2.45, 2.75) is 40.5 Å². The fraction of sp³-hybridized carbons (Fsp3) is 0.316. The van der Waals surface area contributed by atoms with Gasteiger partial charge in [-0.25, -0.2) is 0 Å². The van der Waals surface area contributed by atoms with E-state index >= 15 is 0 Å². The van der Waals surface area contributed by atoms with Gasteiger partial charge < -0.3 is 5.11 Å². The Morgan fingerprint density at radius 1 is 1.08 bits per heavy atom. The van der Waals surface area contributed by atoms with Gasteiger partial charge in [0.2, 0.25) is 0 Å². The zero-order valence-corrected chi connectivity index (χ0v) is 15.0. The summed E-state index contributed by atoms with van der Waals surface area (Å²) in [7, 11) is 0. The Labute approximate surface area is 150 Å². The van der Waals surface area contributed by atoms with Gasteiger partial charge in [0.15, 0.2) is 11.6 Å². The highest BCUT2D eigenvalue weighted by Crippen LogP contribution is 2.36. The molecule has 1 aromatic rings. The molecule has 1 fully saturated rings. The van der Waals surface area contributed by atoms with Gasteiger partial charge in [0, 0.05) is 11.6 Å². The lowest BCUT2D eigenvalue weighted by atomic mass is 9.86.